The van der Waals surface area contributed by atoms with Crippen molar-refractivity contribution in [2.24, 2.45) is 0 Å². The van der Waals surface area contributed by atoms with Gasteiger partial charge in [0.2, 0.25) is 5.91 Å². The molecule has 1 heterocycles. The van der Waals surface area contributed by atoms with Crippen molar-refractivity contribution in [3.05, 3.63) is 71.5 Å². The molecule has 1 aliphatic rings. The smallest absolute Gasteiger partial charge is 0.268 e. The first kappa shape index (κ1) is 18.1. The first-order valence-electron chi connectivity index (χ1n) is 8.66. The Morgan fingerprint density at radius 2 is 1.58 bits per heavy atom. The van der Waals surface area contributed by atoms with Gasteiger partial charge in [0.05, 0.1) is 6.54 Å². The van der Waals surface area contributed by atoms with Crippen LogP contribution in [0.1, 0.15) is 22.8 Å². The van der Waals surface area contributed by atoms with Gasteiger partial charge in [0.25, 0.3) is 5.91 Å². The number of rotatable bonds is 4. The Labute approximate surface area is 152 Å². The van der Waals surface area contributed by atoms with E-state index in [2.05, 4.69) is 0 Å². The lowest BCUT2D eigenvalue weighted by Crippen LogP contribution is -2.56. The Kier molecular flexibility index (Phi) is 5.63. The zero-order chi connectivity index (χ0) is 18.5. The number of nitrogens with zero attached hydrogens (tertiary/aromatic N) is 3. The molecule has 3 rings (SSSR count). The molecule has 0 unspecified atom stereocenters. The van der Waals surface area contributed by atoms with E-state index >= 15 is 0 Å². The number of carbonyl (C=O) groups is 2. The molecule has 136 valence electrons. The SMILES string of the molecule is CC(=O)N1CCN(N(Cc2ccccc2)C(=O)c2ccc(F)cc2)CC1. The van der Waals surface area contributed by atoms with Crippen molar-refractivity contribution < 1.29 is 14.0 Å². The average molecular weight is 355 g/mol. The molecule has 1 saturated heterocycles. The van der Waals surface area contributed by atoms with Crippen molar-refractivity contribution >= 4 is 11.8 Å². The maximum absolute atomic E-state index is 13.2. The van der Waals surface area contributed by atoms with Crippen LogP contribution < -0.4 is 0 Å². The Morgan fingerprint density at radius 1 is 0.962 bits per heavy atom. The maximum Gasteiger partial charge on any atom is 0.268 e. The Bertz CT molecular complexity index is 756. The van der Waals surface area contributed by atoms with E-state index in [4.69, 9.17) is 0 Å². The van der Waals surface area contributed by atoms with Crippen molar-refractivity contribution in [3.8, 4) is 0 Å². The molecule has 1 aliphatic heterocycles. The number of benzene rings is 2. The first-order chi connectivity index (χ1) is 12.5. The van der Waals surface area contributed by atoms with Crippen LogP contribution in [0.2, 0.25) is 0 Å². The van der Waals surface area contributed by atoms with Gasteiger partial charge in [-0.15, -0.1) is 0 Å². The lowest BCUT2D eigenvalue weighted by atomic mass is 10.1. The highest BCUT2D eigenvalue weighted by Crippen LogP contribution is 2.16. The molecule has 0 atom stereocenters. The van der Waals surface area contributed by atoms with E-state index < -0.39 is 0 Å². The molecule has 5 nitrogen and oxygen atoms in total. The van der Waals surface area contributed by atoms with Crippen molar-refractivity contribution in [1.29, 1.82) is 0 Å². The summed E-state index contributed by atoms with van der Waals surface area (Å²) in [6, 6.07) is 15.3. The van der Waals surface area contributed by atoms with E-state index in [9.17, 15) is 14.0 Å². The van der Waals surface area contributed by atoms with Crippen molar-refractivity contribution in [3.63, 3.8) is 0 Å². The second-order valence-corrected chi connectivity index (χ2v) is 6.32. The van der Waals surface area contributed by atoms with Gasteiger partial charge in [-0.3, -0.25) is 14.6 Å². The lowest BCUT2D eigenvalue weighted by Gasteiger charge is -2.41. The van der Waals surface area contributed by atoms with Crippen LogP contribution in [0.3, 0.4) is 0 Å². The molecule has 0 bridgehead atoms. The summed E-state index contributed by atoms with van der Waals surface area (Å²) in [6.45, 7) is 4.31. The summed E-state index contributed by atoms with van der Waals surface area (Å²) in [5, 5.41) is 3.66. The standard InChI is InChI=1S/C20H22FN3O2/c1-16(25)22-11-13-23(14-12-22)24(15-17-5-3-2-4-6-17)20(26)18-7-9-19(21)10-8-18/h2-10H,11-15H2,1H3. The summed E-state index contributed by atoms with van der Waals surface area (Å²) in [5.41, 5.74) is 1.45. The zero-order valence-corrected chi connectivity index (χ0v) is 14.8. The van der Waals surface area contributed by atoms with Gasteiger partial charge in [0.1, 0.15) is 5.82 Å². The largest absolute Gasteiger partial charge is 0.340 e. The predicted octanol–water partition coefficient (Wildman–Crippen LogP) is 2.55. The topological polar surface area (TPSA) is 43.9 Å². The molecule has 1 fully saturated rings. The molecule has 6 heteroatoms. The second kappa shape index (κ2) is 8.10. The summed E-state index contributed by atoms with van der Waals surface area (Å²) in [6.07, 6.45) is 0. The molecule has 0 spiro atoms. The van der Waals surface area contributed by atoms with Gasteiger partial charge >= 0.3 is 0 Å². The number of carbonyl (C=O) groups excluding carboxylic acids is 2. The minimum absolute atomic E-state index is 0.0455. The summed E-state index contributed by atoms with van der Waals surface area (Å²) in [4.78, 5) is 26.4. The second-order valence-electron chi connectivity index (χ2n) is 6.32. The predicted molar refractivity (Wildman–Crippen MR) is 96.5 cm³/mol. The highest BCUT2D eigenvalue weighted by atomic mass is 19.1. The first-order valence-corrected chi connectivity index (χ1v) is 8.66. The fourth-order valence-electron chi connectivity index (χ4n) is 3.05. The summed E-state index contributed by atoms with van der Waals surface area (Å²) in [7, 11) is 0. The highest BCUT2D eigenvalue weighted by Gasteiger charge is 2.27. The number of piperazine rings is 1. The van der Waals surface area contributed by atoms with E-state index in [1.807, 2.05) is 35.3 Å². The fourth-order valence-corrected chi connectivity index (χ4v) is 3.05. The van der Waals surface area contributed by atoms with Gasteiger partial charge < -0.3 is 4.90 Å². The highest BCUT2D eigenvalue weighted by molar-refractivity contribution is 5.93. The number of amides is 2. The van der Waals surface area contributed by atoms with Crippen LogP contribution in [-0.4, -0.2) is 52.9 Å². The molecule has 0 saturated carbocycles. The molecular formula is C20H22FN3O2. The van der Waals surface area contributed by atoms with Crippen LogP contribution in [0.25, 0.3) is 0 Å². The van der Waals surface area contributed by atoms with Gasteiger partial charge in [-0.05, 0) is 29.8 Å². The van der Waals surface area contributed by atoms with Gasteiger partial charge in [-0.2, -0.15) is 0 Å². The average Bonchev–Trinajstić information content (AvgIpc) is 2.67. The quantitative estimate of drug-likeness (QED) is 0.847. The summed E-state index contributed by atoms with van der Waals surface area (Å²) in [5.74, 6) is -0.500. The van der Waals surface area contributed by atoms with E-state index in [1.165, 1.54) is 24.3 Å². The number of hydrogen-bond acceptors (Lipinski definition) is 3. The molecular weight excluding hydrogens is 333 g/mol. The van der Waals surface area contributed by atoms with Gasteiger partial charge in [-0.25, -0.2) is 9.40 Å². The normalized spacial score (nSPS) is 14.9. The van der Waals surface area contributed by atoms with Crippen molar-refractivity contribution in [2.75, 3.05) is 26.2 Å². The van der Waals surface area contributed by atoms with E-state index in [-0.39, 0.29) is 17.6 Å². The van der Waals surface area contributed by atoms with E-state index in [1.54, 1.807) is 16.8 Å². The molecule has 26 heavy (non-hydrogen) atoms. The van der Waals surface area contributed by atoms with Crippen molar-refractivity contribution in [2.45, 2.75) is 13.5 Å². The monoisotopic (exact) mass is 355 g/mol. The summed E-state index contributed by atoms with van der Waals surface area (Å²) < 4.78 is 13.2. The number of hydrogen-bond donors (Lipinski definition) is 0. The lowest BCUT2D eigenvalue weighted by molar-refractivity contribution is -0.133. The van der Waals surface area contributed by atoms with Crippen LogP contribution in [0.4, 0.5) is 4.39 Å². The number of halogens is 1. The maximum atomic E-state index is 13.2. The molecule has 0 aromatic heterocycles. The molecule has 0 aliphatic carbocycles. The Morgan fingerprint density at radius 3 is 2.15 bits per heavy atom. The van der Waals surface area contributed by atoms with E-state index in [0.29, 0.717) is 38.3 Å². The molecule has 2 amide bonds. The Hall–Kier alpha value is -2.73. The zero-order valence-electron chi connectivity index (χ0n) is 14.8. The Balaban J connectivity index is 1.81. The van der Waals surface area contributed by atoms with Crippen LogP contribution in [0, 0.1) is 5.82 Å². The van der Waals surface area contributed by atoms with Crippen LogP contribution >= 0.6 is 0 Å². The van der Waals surface area contributed by atoms with Crippen LogP contribution in [0.15, 0.2) is 54.6 Å². The van der Waals surface area contributed by atoms with Gasteiger partial charge in [0.15, 0.2) is 0 Å². The van der Waals surface area contributed by atoms with Crippen LogP contribution in [-0.2, 0) is 11.3 Å². The third-order valence-electron chi connectivity index (χ3n) is 4.54. The third kappa shape index (κ3) is 4.26. The molecule has 0 N–H and O–H groups in total. The number of hydrazine groups is 1. The minimum Gasteiger partial charge on any atom is -0.340 e. The molecule has 2 aromatic rings. The van der Waals surface area contributed by atoms with Crippen molar-refractivity contribution in [1.82, 2.24) is 14.9 Å². The van der Waals surface area contributed by atoms with E-state index in [0.717, 1.165) is 5.56 Å². The molecule has 0 radical (unpaired) electrons. The van der Waals surface area contributed by atoms with Gasteiger partial charge in [0, 0.05) is 38.7 Å². The van der Waals surface area contributed by atoms with Crippen LogP contribution in [0.5, 0.6) is 0 Å². The van der Waals surface area contributed by atoms with Gasteiger partial charge in [-0.1, -0.05) is 30.3 Å². The minimum atomic E-state index is -0.369. The fraction of sp³-hybridized carbons (Fsp3) is 0.300. The molecule has 2 aromatic carbocycles. The third-order valence-corrected chi connectivity index (χ3v) is 4.54. The summed E-state index contributed by atoms with van der Waals surface area (Å²) >= 11 is 0.